The molecule has 0 saturated heterocycles. The number of nitrogens with zero attached hydrogens (tertiary/aromatic N) is 1. The van der Waals surface area contributed by atoms with Gasteiger partial charge in [0.2, 0.25) is 5.91 Å². The van der Waals surface area contributed by atoms with E-state index in [1.807, 2.05) is 0 Å². The summed E-state index contributed by atoms with van der Waals surface area (Å²) in [5, 5.41) is 16.7. The molecule has 0 aliphatic rings. The largest absolute Gasteiger partial charge is 0.382 e. The van der Waals surface area contributed by atoms with Crippen LogP contribution < -0.4 is 16.4 Å². The van der Waals surface area contributed by atoms with Crippen molar-refractivity contribution in [2.75, 3.05) is 24.2 Å². The molecule has 18 heavy (non-hydrogen) atoms. The minimum atomic E-state index is -0.442. The second-order valence-corrected chi connectivity index (χ2v) is 3.71. The van der Waals surface area contributed by atoms with Gasteiger partial charge in [0.25, 0.3) is 0 Å². The third-order valence-electron chi connectivity index (χ3n) is 2.40. The summed E-state index contributed by atoms with van der Waals surface area (Å²) in [6, 6.07) is 4.98. The van der Waals surface area contributed by atoms with Crippen LogP contribution in [-0.4, -0.2) is 24.4 Å². The molecule has 0 atom stereocenters. The molecule has 1 amide bonds. The first-order valence-electron chi connectivity index (χ1n) is 5.53. The van der Waals surface area contributed by atoms with E-state index in [9.17, 15) is 14.9 Å². The molecule has 0 bridgehead atoms. The number of rotatable bonds is 7. The normalized spacial score (nSPS) is 9.83. The number of nitrogens with one attached hydrogen (secondary N) is 2. The first-order valence-corrected chi connectivity index (χ1v) is 5.53. The summed E-state index contributed by atoms with van der Waals surface area (Å²) in [5.41, 5.74) is 5.88. The summed E-state index contributed by atoms with van der Waals surface area (Å²) >= 11 is 0. The molecular weight excluding hydrogens is 236 g/mol. The molecule has 0 saturated carbocycles. The lowest BCUT2D eigenvalue weighted by Crippen LogP contribution is -2.13. The van der Waals surface area contributed by atoms with Gasteiger partial charge >= 0.3 is 5.69 Å². The van der Waals surface area contributed by atoms with Crippen LogP contribution in [-0.2, 0) is 4.79 Å². The Balaban J connectivity index is 2.75. The maximum absolute atomic E-state index is 11.0. The van der Waals surface area contributed by atoms with Gasteiger partial charge in [-0.15, -0.1) is 0 Å². The van der Waals surface area contributed by atoms with E-state index >= 15 is 0 Å². The minimum absolute atomic E-state index is 0.000856. The second kappa shape index (κ2) is 6.43. The Morgan fingerprint density at radius 1 is 1.44 bits per heavy atom. The van der Waals surface area contributed by atoms with Crippen molar-refractivity contribution in [3.8, 4) is 0 Å². The van der Waals surface area contributed by atoms with Crippen molar-refractivity contribution >= 4 is 23.0 Å². The quantitative estimate of drug-likeness (QED) is 0.385. The van der Waals surface area contributed by atoms with Gasteiger partial charge in [0.15, 0.2) is 0 Å². The molecule has 1 rings (SSSR count). The number of nitro groups is 1. The van der Waals surface area contributed by atoms with E-state index < -0.39 is 4.92 Å². The van der Waals surface area contributed by atoms with Crippen LogP contribution in [0.25, 0.3) is 0 Å². The standard InChI is InChI=1S/C11H16N4O3/c1-13-8-4-2-5-9(11(8)15(17)18)14-7-3-6-10(12)16/h2,4-5,13-14H,3,6-7H2,1H3,(H2,12,16). The van der Waals surface area contributed by atoms with Crippen LogP contribution in [0, 0.1) is 10.1 Å². The highest BCUT2D eigenvalue weighted by Gasteiger charge is 2.18. The molecule has 0 aliphatic carbocycles. The number of benzene rings is 1. The van der Waals surface area contributed by atoms with Gasteiger partial charge in [-0.25, -0.2) is 0 Å². The van der Waals surface area contributed by atoms with Gasteiger partial charge in [0.1, 0.15) is 11.4 Å². The van der Waals surface area contributed by atoms with Gasteiger partial charge in [0, 0.05) is 20.0 Å². The number of anilines is 2. The van der Waals surface area contributed by atoms with Crippen molar-refractivity contribution in [3.05, 3.63) is 28.3 Å². The van der Waals surface area contributed by atoms with E-state index in [1.165, 1.54) is 0 Å². The van der Waals surface area contributed by atoms with E-state index in [4.69, 9.17) is 5.73 Å². The van der Waals surface area contributed by atoms with Crippen LogP contribution >= 0.6 is 0 Å². The monoisotopic (exact) mass is 252 g/mol. The molecule has 1 aromatic rings. The first kappa shape index (κ1) is 13.8. The Kier molecular flexibility index (Phi) is 4.91. The Labute approximate surface area is 105 Å². The number of amides is 1. The van der Waals surface area contributed by atoms with Gasteiger partial charge in [-0.2, -0.15) is 0 Å². The van der Waals surface area contributed by atoms with Crippen LogP contribution in [0.2, 0.25) is 0 Å². The highest BCUT2D eigenvalue weighted by molar-refractivity contribution is 5.76. The average molecular weight is 252 g/mol. The minimum Gasteiger partial charge on any atom is -0.382 e. The Bertz CT molecular complexity index is 448. The van der Waals surface area contributed by atoms with Crippen molar-refractivity contribution in [1.82, 2.24) is 0 Å². The van der Waals surface area contributed by atoms with Crippen LogP contribution in [0.4, 0.5) is 17.1 Å². The summed E-state index contributed by atoms with van der Waals surface area (Å²) < 4.78 is 0. The van der Waals surface area contributed by atoms with Crippen LogP contribution in [0.3, 0.4) is 0 Å². The molecule has 0 radical (unpaired) electrons. The van der Waals surface area contributed by atoms with Gasteiger partial charge < -0.3 is 16.4 Å². The Morgan fingerprint density at radius 3 is 2.67 bits per heavy atom. The molecule has 4 N–H and O–H groups in total. The molecule has 7 heteroatoms. The predicted molar refractivity (Wildman–Crippen MR) is 69.6 cm³/mol. The van der Waals surface area contributed by atoms with Crippen molar-refractivity contribution < 1.29 is 9.72 Å². The number of primary amides is 1. The van der Waals surface area contributed by atoms with Crippen molar-refractivity contribution in [1.29, 1.82) is 0 Å². The average Bonchev–Trinajstić information content (AvgIpc) is 2.33. The molecule has 0 heterocycles. The fourth-order valence-corrected chi connectivity index (χ4v) is 1.57. The number of nitro benzene ring substituents is 1. The van der Waals surface area contributed by atoms with Gasteiger partial charge in [-0.05, 0) is 18.6 Å². The summed E-state index contributed by atoms with van der Waals surface area (Å²) in [5.74, 6) is -0.379. The fourth-order valence-electron chi connectivity index (χ4n) is 1.57. The zero-order chi connectivity index (χ0) is 13.5. The smallest absolute Gasteiger partial charge is 0.315 e. The lowest BCUT2D eigenvalue weighted by molar-refractivity contribution is -0.383. The van der Waals surface area contributed by atoms with E-state index in [1.54, 1.807) is 25.2 Å². The number of nitrogens with two attached hydrogens (primary N) is 1. The van der Waals surface area contributed by atoms with Gasteiger partial charge in [0.05, 0.1) is 4.92 Å². The first-order chi connectivity index (χ1) is 8.56. The van der Waals surface area contributed by atoms with E-state index in [2.05, 4.69) is 10.6 Å². The lowest BCUT2D eigenvalue weighted by Gasteiger charge is -2.09. The van der Waals surface area contributed by atoms with Gasteiger partial charge in [-0.3, -0.25) is 14.9 Å². The highest BCUT2D eigenvalue weighted by atomic mass is 16.6. The Hall–Kier alpha value is -2.31. The van der Waals surface area contributed by atoms with E-state index in [0.29, 0.717) is 24.3 Å². The maximum atomic E-state index is 11.0. The van der Waals surface area contributed by atoms with E-state index in [-0.39, 0.29) is 18.0 Å². The summed E-state index contributed by atoms with van der Waals surface area (Å²) in [6.07, 6.45) is 0.794. The maximum Gasteiger partial charge on any atom is 0.315 e. The lowest BCUT2D eigenvalue weighted by atomic mass is 10.2. The number of hydrogen-bond donors (Lipinski definition) is 3. The third-order valence-corrected chi connectivity index (χ3v) is 2.40. The molecular formula is C11H16N4O3. The number of carbonyl (C=O) groups excluding carboxylic acids is 1. The molecule has 1 aromatic carbocycles. The van der Waals surface area contributed by atoms with Crippen molar-refractivity contribution in [2.24, 2.45) is 5.73 Å². The third kappa shape index (κ3) is 3.62. The molecule has 0 aromatic heterocycles. The molecule has 7 nitrogen and oxygen atoms in total. The zero-order valence-electron chi connectivity index (χ0n) is 10.1. The number of carbonyl (C=O) groups is 1. The molecule has 0 spiro atoms. The summed E-state index contributed by atoms with van der Waals surface area (Å²) in [7, 11) is 1.62. The summed E-state index contributed by atoms with van der Waals surface area (Å²) in [4.78, 5) is 21.1. The molecule has 0 fully saturated rings. The topological polar surface area (TPSA) is 110 Å². The predicted octanol–water partition coefficient (Wildman–Crippen LogP) is 1.31. The number of hydrogen-bond acceptors (Lipinski definition) is 5. The summed E-state index contributed by atoms with van der Waals surface area (Å²) in [6.45, 7) is 0.455. The molecule has 0 unspecified atom stereocenters. The SMILES string of the molecule is CNc1cccc(NCCCC(N)=O)c1[N+](=O)[O-]. The Morgan fingerprint density at radius 2 is 2.11 bits per heavy atom. The van der Waals surface area contributed by atoms with Crippen molar-refractivity contribution in [2.45, 2.75) is 12.8 Å². The van der Waals surface area contributed by atoms with Crippen molar-refractivity contribution in [3.63, 3.8) is 0 Å². The fraction of sp³-hybridized carbons (Fsp3) is 0.364. The second-order valence-electron chi connectivity index (χ2n) is 3.71. The molecule has 98 valence electrons. The number of para-hydroxylation sites is 1. The van der Waals surface area contributed by atoms with E-state index in [0.717, 1.165) is 0 Å². The van der Waals surface area contributed by atoms with Gasteiger partial charge in [-0.1, -0.05) is 6.07 Å². The van der Waals surface area contributed by atoms with Crippen LogP contribution in [0.1, 0.15) is 12.8 Å². The zero-order valence-corrected chi connectivity index (χ0v) is 10.1. The van der Waals surface area contributed by atoms with Crippen LogP contribution in [0.15, 0.2) is 18.2 Å². The molecule has 0 aliphatic heterocycles. The van der Waals surface area contributed by atoms with Crippen LogP contribution in [0.5, 0.6) is 0 Å². The highest BCUT2D eigenvalue weighted by Crippen LogP contribution is 2.32.